The Morgan fingerprint density at radius 1 is 0.926 bits per heavy atom. The van der Waals surface area contributed by atoms with Gasteiger partial charge in [0.25, 0.3) is 5.91 Å². The third-order valence-electron chi connectivity index (χ3n) is 3.60. The molecule has 0 fully saturated rings. The highest BCUT2D eigenvalue weighted by molar-refractivity contribution is 6.03. The number of hydrogen-bond acceptors (Lipinski definition) is 3. The Balaban J connectivity index is 1.69. The van der Waals surface area contributed by atoms with E-state index in [1.54, 1.807) is 0 Å². The van der Waals surface area contributed by atoms with E-state index in [1.165, 1.54) is 54.7 Å². The minimum atomic E-state index is -4.43. The van der Waals surface area contributed by atoms with E-state index < -0.39 is 23.5 Å². The van der Waals surface area contributed by atoms with E-state index >= 15 is 0 Å². The highest BCUT2D eigenvalue weighted by Gasteiger charge is 2.30. The molecule has 0 saturated heterocycles. The molecule has 0 aliphatic heterocycles. The average Bonchev–Trinajstić information content (AvgIpc) is 2.63. The number of rotatable bonds is 4. The standard InChI is InChI=1S/C19H13F4N3O/c20-16-7-2-1-6-15(16)18(27)26-17-9-8-14(11-24-17)25-13-5-3-4-12(10-13)19(21,22)23/h1-11,25H,(H,24,26,27). The molecular formula is C19H13F4N3O. The van der Waals surface area contributed by atoms with Crippen molar-refractivity contribution in [2.75, 3.05) is 10.6 Å². The van der Waals surface area contributed by atoms with Gasteiger partial charge in [0.2, 0.25) is 0 Å². The van der Waals surface area contributed by atoms with Crippen LogP contribution in [0.1, 0.15) is 15.9 Å². The molecule has 2 aromatic carbocycles. The number of alkyl halides is 3. The predicted octanol–water partition coefficient (Wildman–Crippen LogP) is 5.24. The van der Waals surface area contributed by atoms with Gasteiger partial charge in [-0.25, -0.2) is 9.37 Å². The van der Waals surface area contributed by atoms with E-state index in [0.29, 0.717) is 5.69 Å². The number of hydrogen-bond donors (Lipinski definition) is 2. The van der Waals surface area contributed by atoms with E-state index in [9.17, 15) is 22.4 Å². The maximum absolute atomic E-state index is 13.6. The second-order valence-electron chi connectivity index (χ2n) is 5.57. The van der Waals surface area contributed by atoms with Crippen molar-refractivity contribution in [2.45, 2.75) is 6.18 Å². The molecule has 3 rings (SSSR count). The number of pyridine rings is 1. The van der Waals surface area contributed by atoms with Gasteiger partial charge in [-0.1, -0.05) is 18.2 Å². The largest absolute Gasteiger partial charge is 0.416 e. The molecule has 0 aliphatic rings. The molecule has 27 heavy (non-hydrogen) atoms. The molecule has 0 saturated carbocycles. The van der Waals surface area contributed by atoms with Gasteiger partial charge in [-0.05, 0) is 42.5 Å². The summed E-state index contributed by atoms with van der Waals surface area (Å²) in [6, 6.07) is 13.2. The SMILES string of the molecule is O=C(Nc1ccc(Nc2cccc(C(F)(F)F)c2)cn1)c1ccccc1F. The fourth-order valence-corrected chi connectivity index (χ4v) is 2.31. The number of nitrogens with one attached hydrogen (secondary N) is 2. The molecule has 4 nitrogen and oxygen atoms in total. The summed E-state index contributed by atoms with van der Waals surface area (Å²) in [6.45, 7) is 0. The summed E-state index contributed by atoms with van der Waals surface area (Å²) in [6.07, 6.45) is -3.09. The molecule has 0 radical (unpaired) electrons. The summed E-state index contributed by atoms with van der Waals surface area (Å²) >= 11 is 0. The molecule has 3 aromatic rings. The molecule has 1 heterocycles. The highest BCUT2D eigenvalue weighted by atomic mass is 19.4. The van der Waals surface area contributed by atoms with Crippen molar-refractivity contribution in [1.82, 2.24) is 4.98 Å². The summed E-state index contributed by atoms with van der Waals surface area (Å²) in [5, 5.41) is 5.26. The lowest BCUT2D eigenvalue weighted by Crippen LogP contribution is -2.14. The van der Waals surface area contributed by atoms with Gasteiger partial charge in [0.05, 0.1) is 23.0 Å². The van der Waals surface area contributed by atoms with Crippen molar-refractivity contribution in [3.8, 4) is 0 Å². The van der Waals surface area contributed by atoms with E-state index in [2.05, 4.69) is 15.6 Å². The molecule has 2 N–H and O–H groups in total. The lowest BCUT2D eigenvalue weighted by Gasteiger charge is -2.11. The van der Waals surface area contributed by atoms with Gasteiger partial charge in [0, 0.05) is 5.69 Å². The zero-order chi connectivity index (χ0) is 19.4. The fourth-order valence-electron chi connectivity index (χ4n) is 2.31. The summed E-state index contributed by atoms with van der Waals surface area (Å²) < 4.78 is 51.8. The summed E-state index contributed by atoms with van der Waals surface area (Å²) in [5.74, 6) is -1.13. The molecular weight excluding hydrogens is 362 g/mol. The van der Waals surface area contributed by atoms with Crippen LogP contribution in [0.4, 0.5) is 34.8 Å². The fraction of sp³-hybridized carbons (Fsp3) is 0.0526. The third kappa shape index (κ3) is 4.60. The minimum absolute atomic E-state index is 0.120. The number of carbonyl (C=O) groups excluding carboxylic acids is 1. The number of anilines is 3. The second-order valence-corrected chi connectivity index (χ2v) is 5.57. The number of amides is 1. The van der Waals surface area contributed by atoms with Crippen LogP contribution < -0.4 is 10.6 Å². The van der Waals surface area contributed by atoms with Gasteiger partial charge in [-0.3, -0.25) is 4.79 Å². The Kier molecular flexibility index (Phi) is 5.07. The van der Waals surface area contributed by atoms with Crippen LogP contribution in [-0.4, -0.2) is 10.9 Å². The summed E-state index contributed by atoms with van der Waals surface area (Å²) in [4.78, 5) is 16.0. The lowest BCUT2D eigenvalue weighted by atomic mass is 10.2. The molecule has 0 unspecified atom stereocenters. The van der Waals surface area contributed by atoms with Gasteiger partial charge in [-0.2, -0.15) is 13.2 Å². The first-order valence-electron chi connectivity index (χ1n) is 7.79. The van der Waals surface area contributed by atoms with Crippen LogP contribution in [-0.2, 0) is 6.18 Å². The highest BCUT2D eigenvalue weighted by Crippen LogP contribution is 2.31. The molecule has 1 aromatic heterocycles. The Hall–Kier alpha value is -3.42. The van der Waals surface area contributed by atoms with Gasteiger partial charge >= 0.3 is 6.18 Å². The topological polar surface area (TPSA) is 54.0 Å². The van der Waals surface area contributed by atoms with Crippen molar-refractivity contribution in [1.29, 1.82) is 0 Å². The minimum Gasteiger partial charge on any atom is -0.354 e. The monoisotopic (exact) mass is 375 g/mol. The van der Waals surface area contributed by atoms with Crippen LogP contribution in [0.2, 0.25) is 0 Å². The number of carbonyl (C=O) groups is 1. The predicted molar refractivity (Wildman–Crippen MR) is 93.3 cm³/mol. The molecule has 0 spiro atoms. The molecule has 138 valence electrons. The van der Waals surface area contributed by atoms with Crippen LogP contribution in [0.5, 0.6) is 0 Å². The maximum Gasteiger partial charge on any atom is 0.416 e. The van der Waals surface area contributed by atoms with Crippen LogP contribution >= 0.6 is 0 Å². The number of nitrogens with zero attached hydrogens (tertiary/aromatic N) is 1. The van der Waals surface area contributed by atoms with Crippen LogP contribution in [0.3, 0.4) is 0 Å². The Morgan fingerprint density at radius 2 is 1.70 bits per heavy atom. The molecule has 1 amide bonds. The van der Waals surface area contributed by atoms with Crippen molar-refractivity contribution in [3.05, 3.63) is 83.8 Å². The van der Waals surface area contributed by atoms with E-state index in [1.807, 2.05) is 0 Å². The molecule has 8 heteroatoms. The van der Waals surface area contributed by atoms with E-state index in [0.717, 1.165) is 12.1 Å². The number of aromatic nitrogens is 1. The quantitative estimate of drug-likeness (QED) is 0.614. The van der Waals surface area contributed by atoms with Crippen molar-refractivity contribution >= 4 is 23.1 Å². The average molecular weight is 375 g/mol. The first-order valence-corrected chi connectivity index (χ1v) is 7.79. The number of halogens is 4. The first kappa shape index (κ1) is 18.4. The third-order valence-corrected chi connectivity index (χ3v) is 3.60. The van der Waals surface area contributed by atoms with Crippen molar-refractivity contribution in [3.63, 3.8) is 0 Å². The van der Waals surface area contributed by atoms with Gasteiger partial charge in [0.15, 0.2) is 0 Å². The normalized spacial score (nSPS) is 11.1. The van der Waals surface area contributed by atoms with Gasteiger partial charge in [0.1, 0.15) is 11.6 Å². The van der Waals surface area contributed by atoms with E-state index in [4.69, 9.17) is 0 Å². The maximum atomic E-state index is 13.6. The van der Waals surface area contributed by atoms with Crippen molar-refractivity contribution < 1.29 is 22.4 Å². The smallest absolute Gasteiger partial charge is 0.354 e. The number of benzene rings is 2. The van der Waals surface area contributed by atoms with Gasteiger partial charge in [-0.15, -0.1) is 0 Å². The summed E-state index contributed by atoms with van der Waals surface area (Å²) in [5.41, 5.74) is -0.215. The van der Waals surface area contributed by atoms with Crippen LogP contribution in [0, 0.1) is 5.82 Å². The van der Waals surface area contributed by atoms with Crippen molar-refractivity contribution in [2.24, 2.45) is 0 Å². The zero-order valence-corrected chi connectivity index (χ0v) is 13.7. The Morgan fingerprint density at radius 3 is 2.37 bits per heavy atom. The first-order chi connectivity index (χ1) is 12.8. The Bertz CT molecular complexity index is 956. The van der Waals surface area contributed by atoms with Gasteiger partial charge < -0.3 is 10.6 Å². The zero-order valence-electron chi connectivity index (χ0n) is 13.7. The Labute approximate surface area is 151 Å². The lowest BCUT2D eigenvalue weighted by molar-refractivity contribution is -0.137. The molecule has 0 bridgehead atoms. The second kappa shape index (κ2) is 7.45. The molecule has 0 aliphatic carbocycles. The van der Waals surface area contributed by atoms with Crippen LogP contribution in [0.25, 0.3) is 0 Å². The van der Waals surface area contributed by atoms with Crippen LogP contribution in [0.15, 0.2) is 66.9 Å². The van der Waals surface area contributed by atoms with E-state index in [-0.39, 0.29) is 17.1 Å². The molecule has 0 atom stereocenters. The summed E-state index contributed by atoms with van der Waals surface area (Å²) in [7, 11) is 0.